The quantitative estimate of drug-likeness (QED) is 0.809. The highest BCUT2D eigenvalue weighted by Gasteiger charge is 2.23. The summed E-state index contributed by atoms with van der Waals surface area (Å²) in [6.45, 7) is 9.21. The number of halogens is 1. The molecule has 1 aromatic rings. The van der Waals surface area contributed by atoms with Crippen molar-refractivity contribution >= 4 is 23.4 Å². The number of amides is 1. The van der Waals surface area contributed by atoms with Crippen LogP contribution in [0.3, 0.4) is 0 Å². The molecular weight excluding hydrogens is 274 g/mol. The highest BCUT2D eigenvalue weighted by Crippen LogP contribution is 2.32. The van der Waals surface area contributed by atoms with Gasteiger partial charge in [-0.3, -0.25) is 5.32 Å². The van der Waals surface area contributed by atoms with E-state index in [9.17, 15) is 4.79 Å². The van der Waals surface area contributed by atoms with Crippen LogP contribution in [-0.2, 0) is 10.2 Å². The van der Waals surface area contributed by atoms with E-state index in [0.29, 0.717) is 10.7 Å². The lowest BCUT2D eigenvalue weighted by molar-refractivity contribution is 0.0636. The van der Waals surface area contributed by atoms with Gasteiger partial charge in [0.15, 0.2) is 0 Å². The van der Waals surface area contributed by atoms with E-state index in [1.807, 2.05) is 19.9 Å². The topological polar surface area (TPSA) is 38.3 Å². The van der Waals surface area contributed by atoms with Crippen LogP contribution in [0.5, 0.6) is 0 Å². The minimum Gasteiger partial charge on any atom is -0.444 e. The fraction of sp³-hybridized carbons (Fsp3) is 0.438. The Kier molecular flexibility index (Phi) is 4.73. The van der Waals surface area contributed by atoms with Crippen LogP contribution in [0.25, 0.3) is 0 Å². The van der Waals surface area contributed by atoms with Gasteiger partial charge in [0.25, 0.3) is 0 Å². The Hall–Kier alpha value is -1.66. The third-order valence-electron chi connectivity index (χ3n) is 2.65. The van der Waals surface area contributed by atoms with Crippen molar-refractivity contribution in [2.75, 3.05) is 5.32 Å². The SMILES string of the molecule is C#CC(C)(C)c1ccc(Cl)cc1NC(=O)OC(C)(C)C. The molecule has 0 bridgehead atoms. The Labute approximate surface area is 125 Å². The van der Waals surface area contributed by atoms with Gasteiger partial charge < -0.3 is 4.74 Å². The Morgan fingerprint density at radius 2 is 1.90 bits per heavy atom. The van der Waals surface area contributed by atoms with Gasteiger partial charge in [-0.1, -0.05) is 23.6 Å². The average molecular weight is 294 g/mol. The third-order valence-corrected chi connectivity index (χ3v) is 2.89. The second kappa shape index (κ2) is 5.76. The van der Waals surface area contributed by atoms with Gasteiger partial charge in [-0.25, -0.2) is 4.79 Å². The van der Waals surface area contributed by atoms with Crippen LogP contribution in [0.1, 0.15) is 40.2 Å². The van der Waals surface area contributed by atoms with Crippen LogP contribution in [0.2, 0.25) is 5.02 Å². The number of benzene rings is 1. The molecule has 108 valence electrons. The second-order valence-electron chi connectivity index (χ2n) is 6.09. The standard InChI is InChI=1S/C16H20ClNO2/c1-7-16(5,6)12-9-8-11(17)10-13(12)18-14(19)20-15(2,3)4/h1,8-10H,2-6H3,(H,18,19). The summed E-state index contributed by atoms with van der Waals surface area (Å²) in [4.78, 5) is 11.9. The number of carbonyl (C=O) groups excluding carboxylic acids is 1. The molecular formula is C16H20ClNO2. The second-order valence-corrected chi connectivity index (χ2v) is 6.52. The number of rotatable bonds is 2. The van der Waals surface area contributed by atoms with Gasteiger partial charge in [-0.15, -0.1) is 6.42 Å². The van der Waals surface area contributed by atoms with Crippen LogP contribution < -0.4 is 5.32 Å². The van der Waals surface area contributed by atoms with Gasteiger partial charge in [0, 0.05) is 5.02 Å². The normalized spacial score (nSPS) is 11.7. The lowest BCUT2D eigenvalue weighted by Gasteiger charge is -2.24. The van der Waals surface area contributed by atoms with Crippen molar-refractivity contribution in [3.8, 4) is 12.3 Å². The number of hydrogen-bond acceptors (Lipinski definition) is 2. The molecule has 1 N–H and O–H groups in total. The van der Waals surface area contributed by atoms with Crippen molar-refractivity contribution in [3.63, 3.8) is 0 Å². The molecule has 0 heterocycles. The van der Waals surface area contributed by atoms with Gasteiger partial charge in [-0.2, -0.15) is 0 Å². The first-order chi connectivity index (χ1) is 9.05. The van der Waals surface area contributed by atoms with Crippen molar-refractivity contribution in [2.45, 2.75) is 45.6 Å². The molecule has 0 fully saturated rings. The molecule has 0 saturated carbocycles. The number of carbonyl (C=O) groups is 1. The molecule has 0 aliphatic carbocycles. The van der Waals surface area contributed by atoms with Crippen molar-refractivity contribution in [3.05, 3.63) is 28.8 Å². The fourth-order valence-corrected chi connectivity index (χ4v) is 1.83. The summed E-state index contributed by atoms with van der Waals surface area (Å²) in [5.74, 6) is 2.70. The van der Waals surface area contributed by atoms with Gasteiger partial charge in [0.05, 0.1) is 11.1 Å². The van der Waals surface area contributed by atoms with Crippen LogP contribution in [-0.4, -0.2) is 11.7 Å². The number of ether oxygens (including phenoxy) is 1. The molecule has 0 unspecified atom stereocenters. The maximum absolute atomic E-state index is 11.9. The molecule has 0 saturated heterocycles. The van der Waals surface area contributed by atoms with Crippen molar-refractivity contribution in [1.29, 1.82) is 0 Å². The molecule has 4 heteroatoms. The lowest BCUT2D eigenvalue weighted by Crippen LogP contribution is -2.28. The van der Waals surface area contributed by atoms with Crippen LogP contribution in [0.15, 0.2) is 18.2 Å². The zero-order valence-electron chi connectivity index (χ0n) is 12.5. The summed E-state index contributed by atoms with van der Waals surface area (Å²) in [6.07, 6.45) is 5.02. The molecule has 1 amide bonds. The predicted molar refractivity (Wildman–Crippen MR) is 83.2 cm³/mol. The summed E-state index contributed by atoms with van der Waals surface area (Å²) >= 11 is 5.98. The van der Waals surface area contributed by atoms with E-state index in [1.54, 1.807) is 32.9 Å². The number of terminal acetylenes is 1. The zero-order chi connectivity index (χ0) is 15.6. The number of hydrogen-bond donors (Lipinski definition) is 1. The summed E-state index contributed by atoms with van der Waals surface area (Å²) in [6, 6.07) is 5.23. The first-order valence-electron chi connectivity index (χ1n) is 6.33. The molecule has 3 nitrogen and oxygen atoms in total. The summed E-state index contributed by atoms with van der Waals surface area (Å²) in [5.41, 5.74) is 0.296. The van der Waals surface area contributed by atoms with Crippen LogP contribution in [0.4, 0.5) is 10.5 Å². The molecule has 1 rings (SSSR count). The Bertz CT molecular complexity index is 551. The highest BCUT2D eigenvalue weighted by molar-refractivity contribution is 6.31. The first kappa shape index (κ1) is 16.4. The number of nitrogens with one attached hydrogen (secondary N) is 1. The van der Waals surface area contributed by atoms with Crippen molar-refractivity contribution < 1.29 is 9.53 Å². The Morgan fingerprint density at radius 3 is 2.40 bits per heavy atom. The monoisotopic (exact) mass is 293 g/mol. The third kappa shape index (κ3) is 4.47. The molecule has 0 aliphatic rings. The van der Waals surface area contributed by atoms with Gasteiger partial charge in [-0.05, 0) is 52.3 Å². The molecule has 20 heavy (non-hydrogen) atoms. The van der Waals surface area contributed by atoms with E-state index in [4.69, 9.17) is 22.8 Å². The van der Waals surface area contributed by atoms with E-state index in [1.165, 1.54) is 0 Å². The molecule has 0 atom stereocenters. The molecule has 0 spiro atoms. The Balaban J connectivity index is 3.09. The Morgan fingerprint density at radius 1 is 1.30 bits per heavy atom. The molecule has 1 aromatic carbocycles. The first-order valence-corrected chi connectivity index (χ1v) is 6.71. The van der Waals surface area contributed by atoms with Crippen molar-refractivity contribution in [2.24, 2.45) is 0 Å². The maximum Gasteiger partial charge on any atom is 0.412 e. The summed E-state index contributed by atoms with van der Waals surface area (Å²) in [7, 11) is 0. The highest BCUT2D eigenvalue weighted by atomic mass is 35.5. The van der Waals surface area contributed by atoms with Crippen LogP contribution >= 0.6 is 11.6 Å². The fourth-order valence-electron chi connectivity index (χ4n) is 1.66. The zero-order valence-corrected chi connectivity index (χ0v) is 13.3. The molecule has 0 aromatic heterocycles. The van der Waals surface area contributed by atoms with E-state index >= 15 is 0 Å². The van der Waals surface area contributed by atoms with E-state index in [2.05, 4.69) is 11.2 Å². The van der Waals surface area contributed by atoms with E-state index in [0.717, 1.165) is 5.56 Å². The predicted octanol–water partition coefficient (Wildman–Crippen LogP) is 4.60. The smallest absolute Gasteiger partial charge is 0.412 e. The minimum atomic E-state index is -0.565. The largest absolute Gasteiger partial charge is 0.444 e. The van der Waals surface area contributed by atoms with E-state index < -0.39 is 17.1 Å². The summed E-state index contributed by atoms with van der Waals surface area (Å²) in [5, 5.41) is 3.23. The average Bonchev–Trinajstić information content (AvgIpc) is 2.25. The lowest BCUT2D eigenvalue weighted by atomic mass is 9.84. The minimum absolute atomic E-state index is 0.519. The van der Waals surface area contributed by atoms with Gasteiger partial charge in [0.1, 0.15) is 5.60 Å². The van der Waals surface area contributed by atoms with Crippen LogP contribution in [0, 0.1) is 12.3 Å². The van der Waals surface area contributed by atoms with Crippen molar-refractivity contribution in [1.82, 2.24) is 0 Å². The van der Waals surface area contributed by atoms with Gasteiger partial charge >= 0.3 is 6.09 Å². The summed E-state index contributed by atoms with van der Waals surface area (Å²) < 4.78 is 5.24. The van der Waals surface area contributed by atoms with E-state index in [-0.39, 0.29) is 0 Å². The van der Waals surface area contributed by atoms with Gasteiger partial charge in [0.2, 0.25) is 0 Å². The maximum atomic E-state index is 11.9. The molecule has 0 aliphatic heterocycles. The number of anilines is 1. The molecule has 0 radical (unpaired) electrons.